The van der Waals surface area contributed by atoms with Gasteiger partial charge in [-0.15, -0.1) is 0 Å². The van der Waals surface area contributed by atoms with E-state index in [0.717, 1.165) is 0 Å². The van der Waals surface area contributed by atoms with Gasteiger partial charge in [-0.2, -0.15) is 0 Å². The van der Waals surface area contributed by atoms with Crippen molar-refractivity contribution in [2.24, 2.45) is 0 Å². The van der Waals surface area contributed by atoms with Crippen molar-refractivity contribution in [1.82, 2.24) is 10.6 Å². The van der Waals surface area contributed by atoms with Crippen LogP contribution in [0.1, 0.15) is 17.5 Å². The molecule has 4 N–H and O–H groups in total. The number of hydrogen-bond acceptors (Lipinski definition) is 5. The number of hydrogen-bond donors (Lipinski definition) is 4. The largest absolute Gasteiger partial charge is 0.481 e. The molecule has 0 aromatic heterocycles. The first-order valence-corrected chi connectivity index (χ1v) is 9.11. The molecule has 0 aliphatic carbocycles. The van der Waals surface area contributed by atoms with Crippen LogP contribution in [-0.4, -0.2) is 46.2 Å². The fraction of sp³-hybridized carbons (Fsp3) is 0.238. The Hall–Kier alpha value is -3.88. The highest BCUT2D eigenvalue weighted by atomic mass is 16.5. The molecule has 2 rings (SSSR count). The fourth-order valence-electron chi connectivity index (χ4n) is 2.61. The standard InChI is InChI=1S/C21H22N2O7/c24-18(25)12-16(23-21(29)30-13-15-9-5-2-6-10-15)19(26)22-17(20(27)28)11-14-7-3-1-4-8-14/h1-10,16-17H,11-13H2,(H,22,26)(H,23,29)(H,24,25)(H,27,28)/t16-,17-/m0/s1. The predicted octanol–water partition coefficient (Wildman–Crippen LogP) is 1.57. The first-order chi connectivity index (χ1) is 14.3. The van der Waals surface area contributed by atoms with Gasteiger partial charge in [-0.3, -0.25) is 9.59 Å². The number of carbonyl (C=O) groups is 4. The molecule has 0 unspecified atom stereocenters. The third-order valence-electron chi connectivity index (χ3n) is 4.10. The molecule has 30 heavy (non-hydrogen) atoms. The van der Waals surface area contributed by atoms with Crippen LogP contribution in [0.2, 0.25) is 0 Å². The summed E-state index contributed by atoms with van der Waals surface area (Å²) in [6.07, 6.45) is -1.72. The Morgan fingerprint density at radius 1 is 0.800 bits per heavy atom. The van der Waals surface area contributed by atoms with Crippen molar-refractivity contribution < 1.29 is 34.1 Å². The Balaban J connectivity index is 1.99. The summed E-state index contributed by atoms with van der Waals surface area (Å²) in [4.78, 5) is 47.1. The summed E-state index contributed by atoms with van der Waals surface area (Å²) < 4.78 is 5.00. The number of benzene rings is 2. The zero-order valence-corrected chi connectivity index (χ0v) is 16.0. The Bertz CT molecular complexity index is 871. The van der Waals surface area contributed by atoms with Gasteiger partial charge >= 0.3 is 18.0 Å². The smallest absolute Gasteiger partial charge is 0.408 e. The molecule has 2 amide bonds. The van der Waals surface area contributed by atoms with Gasteiger partial charge in [-0.1, -0.05) is 60.7 Å². The lowest BCUT2D eigenvalue weighted by molar-refractivity contribution is -0.142. The Morgan fingerprint density at radius 2 is 1.37 bits per heavy atom. The molecule has 2 aromatic rings. The van der Waals surface area contributed by atoms with Gasteiger partial charge in [0.15, 0.2) is 0 Å². The number of rotatable bonds is 10. The number of carboxylic acids is 2. The van der Waals surface area contributed by atoms with Crippen LogP contribution >= 0.6 is 0 Å². The Kier molecular flexibility index (Phi) is 8.37. The van der Waals surface area contributed by atoms with Gasteiger partial charge in [0.1, 0.15) is 18.7 Å². The van der Waals surface area contributed by atoms with E-state index in [1.54, 1.807) is 60.7 Å². The average molecular weight is 414 g/mol. The number of amides is 2. The van der Waals surface area contributed by atoms with Crippen LogP contribution in [0.4, 0.5) is 4.79 Å². The van der Waals surface area contributed by atoms with Gasteiger partial charge in [0.2, 0.25) is 5.91 Å². The second-order valence-electron chi connectivity index (χ2n) is 6.45. The summed E-state index contributed by atoms with van der Waals surface area (Å²) in [6, 6.07) is 14.6. The monoisotopic (exact) mass is 414 g/mol. The molecule has 0 heterocycles. The number of aliphatic carboxylic acids is 2. The minimum atomic E-state index is -1.50. The van der Waals surface area contributed by atoms with E-state index < -0.39 is 42.4 Å². The molecule has 0 saturated heterocycles. The van der Waals surface area contributed by atoms with E-state index in [1.165, 1.54) is 0 Å². The third kappa shape index (κ3) is 7.63. The molecule has 0 spiro atoms. The molecule has 2 atom stereocenters. The average Bonchev–Trinajstić information content (AvgIpc) is 2.72. The molecule has 9 nitrogen and oxygen atoms in total. The molecule has 9 heteroatoms. The molecule has 0 fully saturated rings. The van der Waals surface area contributed by atoms with Crippen LogP contribution in [0.5, 0.6) is 0 Å². The SMILES string of the molecule is O=C(O)C[C@H](NC(=O)OCc1ccccc1)C(=O)N[C@@H](Cc1ccccc1)C(=O)O. The first-order valence-electron chi connectivity index (χ1n) is 9.11. The van der Waals surface area contributed by atoms with E-state index in [4.69, 9.17) is 9.84 Å². The highest BCUT2D eigenvalue weighted by Gasteiger charge is 2.28. The molecule has 0 aliphatic heterocycles. The summed E-state index contributed by atoms with van der Waals surface area (Å²) in [6.45, 7) is -0.0696. The molecule has 0 radical (unpaired) electrons. The van der Waals surface area contributed by atoms with Crippen LogP contribution in [0.15, 0.2) is 60.7 Å². The van der Waals surface area contributed by atoms with E-state index in [-0.39, 0.29) is 13.0 Å². The van der Waals surface area contributed by atoms with Crippen molar-refractivity contribution in [3.8, 4) is 0 Å². The number of alkyl carbamates (subject to hydrolysis) is 1. The minimum absolute atomic E-state index is 0.000157. The maximum Gasteiger partial charge on any atom is 0.408 e. The summed E-state index contributed by atoms with van der Waals surface area (Å²) in [5.74, 6) is -3.56. The number of carboxylic acid groups (broad SMARTS) is 2. The molecule has 158 valence electrons. The van der Waals surface area contributed by atoms with Crippen LogP contribution in [0, 0.1) is 0 Å². The summed E-state index contributed by atoms with van der Waals surface area (Å²) in [7, 11) is 0. The second-order valence-corrected chi connectivity index (χ2v) is 6.45. The quantitative estimate of drug-likeness (QED) is 0.462. The first kappa shape index (κ1) is 22.4. The van der Waals surface area contributed by atoms with Crippen molar-refractivity contribution in [2.75, 3.05) is 0 Å². The van der Waals surface area contributed by atoms with Crippen molar-refractivity contribution >= 4 is 23.9 Å². The Morgan fingerprint density at radius 3 is 1.90 bits per heavy atom. The van der Waals surface area contributed by atoms with Crippen LogP contribution in [0.25, 0.3) is 0 Å². The van der Waals surface area contributed by atoms with Crippen LogP contribution in [-0.2, 0) is 32.1 Å². The minimum Gasteiger partial charge on any atom is -0.481 e. The van der Waals surface area contributed by atoms with Gasteiger partial charge in [0, 0.05) is 6.42 Å². The van der Waals surface area contributed by atoms with Gasteiger partial charge < -0.3 is 25.6 Å². The molecular formula is C21H22N2O7. The zero-order chi connectivity index (χ0) is 21.9. The molecule has 0 aliphatic rings. The van der Waals surface area contributed by atoms with Gasteiger partial charge in [-0.05, 0) is 11.1 Å². The van der Waals surface area contributed by atoms with Crippen molar-refractivity contribution in [1.29, 1.82) is 0 Å². The van der Waals surface area contributed by atoms with Crippen molar-refractivity contribution in [3.05, 3.63) is 71.8 Å². The maximum atomic E-state index is 12.5. The normalized spacial score (nSPS) is 12.3. The summed E-state index contributed by atoms with van der Waals surface area (Å²) in [5.41, 5.74) is 1.39. The van der Waals surface area contributed by atoms with E-state index in [2.05, 4.69) is 10.6 Å². The second kappa shape index (κ2) is 11.2. The van der Waals surface area contributed by atoms with E-state index in [1.807, 2.05) is 0 Å². The highest BCUT2D eigenvalue weighted by molar-refractivity contribution is 5.91. The molecular weight excluding hydrogens is 392 g/mol. The lowest BCUT2D eigenvalue weighted by Gasteiger charge is -2.20. The molecule has 2 aromatic carbocycles. The summed E-state index contributed by atoms with van der Waals surface area (Å²) >= 11 is 0. The van der Waals surface area contributed by atoms with Gasteiger partial charge in [0.05, 0.1) is 6.42 Å². The van der Waals surface area contributed by atoms with E-state index in [9.17, 15) is 24.3 Å². The predicted molar refractivity (Wildman–Crippen MR) is 106 cm³/mol. The number of carbonyl (C=O) groups excluding carboxylic acids is 2. The Labute approximate surface area is 172 Å². The lowest BCUT2D eigenvalue weighted by atomic mass is 10.1. The molecule has 0 saturated carbocycles. The van der Waals surface area contributed by atoms with Gasteiger partial charge in [0.25, 0.3) is 0 Å². The van der Waals surface area contributed by atoms with Crippen molar-refractivity contribution in [3.63, 3.8) is 0 Å². The summed E-state index contributed by atoms with van der Waals surface area (Å²) in [5, 5.41) is 22.9. The highest BCUT2D eigenvalue weighted by Crippen LogP contribution is 2.05. The van der Waals surface area contributed by atoms with Crippen LogP contribution in [0.3, 0.4) is 0 Å². The number of nitrogens with one attached hydrogen (secondary N) is 2. The maximum absolute atomic E-state index is 12.5. The van der Waals surface area contributed by atoms with Crippen molar-refractivity contribution in [2.45, 2.75) is 31.5 Å². The van der Waals surface area contributed by atoms with E-state index >= 15 is 0 Å². The third-order valence-corrected chi connectivity index (χ3v) is 4.10. The molecule has 0 bridgehead atoms. The topological polar surface area (TPSA) is 142 Å². The number of ether oxygens (including phenoxy) is 1. The lowest BCUT2D eigenvalue weighted by Crippen LogP contribution is -2.53. The van der Waals surface area contributed by atoms with Gasteiger partial charge in [-0.25, -0.2) is 9.59 Å². The fourth-order valence-corrected chi connectivity index (χ4v) is 2.61. The van der Waals surface area contributed by atoms with Crippen LogP contribution < -0.4 is 10.6 Å². The van der Waals surface area contributed by atoms with E-state index in [0.29, 0.717) is 11.1 Å². The zero-order valence-electron chi connectivity index (χ0n) is 16.0.